The molecule has 4 rings (SSSR count). The number of Topliss-reactive ketones (excluding diaryl/α,β-unsaturated/α-hetero) is 1. The highest BCUT2D eigenvalue weighted by molar-refractivity contribution is 6.00. The molecule has 0 fully saturated rings. The van der Waals surface area contributed by atoms with Crippen molar-refractivity contribution in [2.24, 2.45) is 0 Å². The predicted octanol–water partition coefficient (Wildman–Crippen LogP) is 4.63. The molecular weight excluding hydrogens is 340 g/mol. The van der Waals surface area contributed by atoms with Crippen molar-refractivity contribution >= 4 is 17.0 Å². The number of rotatable bonds is 5. The van der Waals surface area contributed by atoms with Crippen LogP contribution in [0.5, 0.6) is 5.75 Å². The van der Waals surface area contributed by atoms with Gasteiger partial charge in [0, 0.05) is 18.2 Å². The topological polar surface area (TPSA) is 65.2 Å². The Morgan fingerprint density at radius 3 is 2.81 bits per heavy atom. The number of hydrogen-bond acceptors (Lipinski definition) is 5. The van der Waals surface area contributed by atoms with Crippen molar-refractivity contribution in [3.8, 4) is 17.2 Å². The number of benzene rings is 2. The van der Waals surface area contributed by atoms with Gasteiger partial charge in [0.15, 0.2) is 17.0 Å². The highest BCUT2D eigenvalue weighted by Gasteiger charge is 2.14. The minimum Gasteiger partial charge on any atom is -0.496 e. The molecule has 2 heterocycles. The first kappa shape index (κ1) is 17.0. The van der Waals surface area contributed by atoms with Crippen LogP contribution in [0.15, 0.2) is 65.2 Å². The summed E-state index contributed by atoms with van der Waals surface area (Å²) in [6.07, 6.45) is 1.95. The molecule has 0 aliphatic rings. The quantitative estimate of drug-likeness (QED) is 0.487. The van der Waals surface area contributed by atoms with E-state index in [1.54, 1.807) is 19.4 Å². The maximum Gasteiger partial charge on any atom is 0.228 e. The van der Waals surface area contributed by atoms with E-state index >= 15 is 0 Å². The number of aryl methyl sites for hydroxylation is 1. The zero-order valence-corrected chi connectivity index (χ0v) is 15.1. The van der Waals surface area contributed by atoms with Crippen molar-refractivity contribution in [2.45, 2.75) is 13.3 Å². The van der Waals surface area contributed by atoms with Gasteiger partial charge in [-0.3, -0.25) is 4.79 Å². The van der Waals surface area contributed by atoms with Crippen LogP contribution in [-0.4, -0.2) is 22.9 Å². The van der Waals surface area contributed by atoms with Crippen LogP contribution in [0.2, 0.25) is 0 Å². The van der Waals surface area contributed by atoms with Gasteiger partial charge in [0.1, 0.15) is 5.75 Å². The second kappa shape index (κ2) is 7.03. The summed E-state index contributed by atoms with van der Waals surface area (Å²) in [5.74, 6) is 1.09. The fourth-order valence-corrected chi connectivity index (χ4v) is 3.02. The van der Waals surface area contributed by atoms with Crippen LogP contribution in [0.4, 0.5) is 0 Å². The summed E-state index contributed by atoms with van der Waals surface area (Å²) in [6.45, 7) is 1.97. The van der Waals surface area contributed by atoms with E-state index in [-0.39, 0.29) is 12.2 Å². The van der Waals surface area contributed by atoms with E-state index in [2.05, 4.69) is 9.97 Å². The summed E-state index contributed by atoms with van der Waals surface area (Å²) in [4.78, 5) is 21.4. The summed E-state index contributed by atoms with van der Waals surface area (Å²) in [7, 11) is 1.58. The zero-order chi connectivity index (χ0) is 18.8. The Balaban J connectivity index is 1.62. The zero-order valence-electron chi connectivity index (χ0n) is 15.1. The van der Waals surface area contributed by atoms with Gasteiger partial charge in [0.25, 0.3) is 0 Å². The number of aromatic nitrogens is 2. The molecule has 2 aromatic heterocycles. The molecule has 2 aromatic carbocycles. The second-order valence-corrected chi connectivity index (χ2v) is 6.35. The summed E-state index contributed by atoms with van der Waals surface area (Å²) >= 11 is 0. The predicted molar refractivity (Wildman–Crippen MR) is 103 cm³/mol. The average molecular weight is 358 g/mol. The van der Waals surface area contributed by atoms with Gasteiger partial charge in [-0.25, -0.2) is 4.98 Å². The first-order valence-electron chi connectivity index (χ1n) is 8.63. The molecule has 5 nitrogen and oxygen atoms in total. The highest BCUT2D eigenvalue weighted by atomic mass is 16.5. The van der Waals surface area contributed by atoms with Gasteiger partial charge < -0.3 is 9.15 Å². The average Bonchev–Trinajstić information content (AvgIpc) is 3.12. The van der Waals surface area contributed by atoms with Crippen molar-refractivity contribution in [1.29, 1.82) is 0 Å². The third-order valence-corrected chi connectivity index (χ3v) is 4.36. The number of carbonyl (C=O) groups is 1. The first-order valence-corrected chi connectivity index (χ1v) is 8.63. The lowest BCUT2D eigenvalue weighted by molar-refractivity contribution is 0.0990. The van der Waals surface area contributed by atoms with Gasteiger partial charge in [-0.1, -0.05) is 18.2 Å². The van der Waals surface area contributed by atoms with Crippen LogP contribution in [0.1, 0.15) is 21.5 Å². The Kier molecular flexibility index (Phi) is 4.42. The van der Waals surface area contributed by atoms with Crippen molar-refractivity contribution in [1.82, 2.24) is 9.97 Å². The summed E-state index contributed by atoms with van der Waals surface area (Å²) < 4.78 is 11.1. The Morgan fingerprint density at radius 1 is 1.11 bits per heavy atom. The molecule has 0 amide bonds. The molecule has 4 aromatic rings. The number of oxazole rings is 1. The lowest BCUT2D eigenvalue weighted by Crippen LogP contribution is -2.06. The van der Waals surface area contributed by atoms with Crippen LogP contribution >= 0.6 is 0 Å². The monoisotopic (exact) mass is 358 g/mol. The molecule has 27 heavy (non-hydrogen) atoms. The summed E-state index contributed by atoms with van der Waals surface area (Å²) in [6, 6.07) is 16.9. The minimum absolute atomic E-state index is 0.00299. The molecule has 0 bridgehead atoms. The minimum atomic E-state index is 0.00299. The van der Waals surface area contributed by atoms with Gasteiger partial charge in [0.2, 0.25) is 5.89 Å². The third kappa shape index (κ3) is 3.44. The van der Waals surface area contributed by atoms with E-state index < -0.39 is 0 Å². The van der Waals surface area contributed by atoms with Crippen molar-refractivity contribution < 1.29 is 13.9 Å². The number of methoxy groups -OCH3 is 1. The van der Waals surface area contributed by atoms with E-state index in [4.69, 9.17) is 9.15 Å². The number of fused-ring (bicyclic) bond motifs is 1. The molecule has 0 spiro atoms. The number of nitrogens with zero attached hydrogens (tertiary/aromatic N) is 2. The Bertz CT molecular complexity index is 1100. The van der Waals surface area contributed by atoms with Crippen molar-refractivity contribution in [2.75, 3.05) is 7.11 Å². The standard InChI is InChI=1S/C22H18N2O3/c1-14-8-9-17(20(11-14)26-2)18(25)13-15-5-3-6-16(12-15)22-24-21-19(27-22)7-4-10-23-21/h3-12H,13H2,1-2H3. The second-order valence-electron chi connectivity index (χ2n) is 6.35. The lowest BCUT2D eigenvalue weighted by atomic mass is 10.00. The number of ketones is 1. The molecule has 134 valence electrons. The normalized spacial score (nSPS) is 10.9. The van der Waals surface area contributed by atoms with Gasteiger partial charge in [-0.05, 0) is 54.4 Å². The number of hydrogen-bond donors (Lipinski definition) is 0. The van der Waals surface area contributed by atoms with E-state index in [0.717, 1.165) is 16.7 Å². The number of pyridine rings is 1. The molecule has 0 saturated heterocycles. The van der Waals surface area contributed by atoms with Gasteiger partial charge in [-0.2, -0.15) is 4.98 Å². The number of carbonyl (C=O) groups excluding carboxylic acids is 1. The van der Waals surface area contributed by atoms with Crippen molar-refractivity contribution in [3.05, 3.63) is 77.5 Å². The van der Waals surface area contributed by atoms with Crippen LogP contribution in [-0.2, 0) is 6.42 Å². The lowest BCUT2D eigenvalue weighted by Gasteiger charge is -2.09. The third-order valence-electron chi connectivity index (χ3n) is 4.36. The summed E-state index contributed by atoms with van der Waals surface area (Å²) in [5.41, 5.74) is 4.54. The van der Waals surface area contributed by atoms with Gasteiger partial charge >= 0.3 is 0 Å². The highest BCUT2D eigenvalue weighted by Crippen LogP contribution is 2.25. The molecule has 0 aliphatic carbocycles. The Hall–Kier alpha value is -3.47. The smallest absolute Gasteiger partial charge is 0.228 e. The maximum atomic E-state index is 12.8. The van der Waals surface area contributed by atoms with Gasteiger partial charge in [-0.15, -0.1) is 0 Å². The SMILES string of the molecule is COc1cc(C)ccc1C(=O)Cc1cccc(-c2nc3ncccc3o2)c1. The van der Waals surface area contributed by atoms with E-state index in [0.29, 0.717) is 28.4 Å². The van der Waals surface area contributed by atoms with E-state index in [1.807, 2.05) is 55.5 Å². The van der Waals surface area contributed by atoms with E-state index in [9.17, 15) is 4.79 Å². The Morgan fingerprint density at radius 2 is 2.00 bits per heavy atom. The fraction of sp³-hybridized carbons (Fsp3) is 0.136. The molecule has 0 atom stereocenters. The van der Waals surface area contributed by atoms with Crippen LogP contribution < -0.4 is 4.74 Å². The number of ether oxygens (including phenoxy) is 1. The van der Waals surface area contributed by atoms with E-state index in [1.165, 1.54) is 0 Å². The van der Waals surface area contributed by atoms with Gasteiger partial charge in [0.05, 0.1) is 12.7 Å². The fourth-order valence-electron chi connectivity index (χ4n) is 3.02. The maximum absolute atomic E-state index is 12.8. The van der Waals surface area contributed by atoms with Crippen LogP contribution in [0, 0.1) is 6.92 Å². The molecule has 0 unspecified atom stereocenters. The molecule has 5 heteroatoms. The van der Waals surface area contributed by atoms with Crippen LogP contribution in [0.3, 0.4) is 0 Å². The molecule has 0 saturated carbocycles. The van der Waals surface area contributed by atoms with Crippen LogP contribution in [0.25, 0.3) is 22.7 Å². The molecular formula is C22H18N2O3. The molecule has 0 N–H and O–H groups in total. The molecule has 0 aliphatic heterocycles. The first-order chi connectivity index (χ1) is 13.1. The summed E-state index contributed by atoms with van der Waals surface area (Å²) in [5, 5.41) is 0. The Labute approximate surface area is 156 Å². The largest absolute Gasteiger partial charge is 0.496 e. The molecule has 0 radical (unpaired) electrons. The van der Waals surface area contributed by atoms with Crippen molar-refractivity contribution in [3.63, 3.8) is 0 Å².